The first-order valence-electron chi connectivity index (χ1n) is 20.7. The van der Waals surface area contributed by atoms with Gasteiger partial charge in [0.05, 0.1) is 36.5 Å². The second kappa shape index (κ2) is 33.9. The summed E-state index contributed by atoms with van der Waals surface area (Å²) in [7, 11) is 0. The Morgan fingerprint density at radius 3 is 1.15 bits per heavy atom. The summed E-state index contributed by atoms with van der Waals surface area (Å²) in [5, 5.41) is 19.2. The molecule has 0 aliphatic heterocycles. The lowest BCUT2D eigenvalue weighted by Gasteiger charge is -2.18. The minimum absolute atomic E-state index is 0.0261. The van der Waals surface area contributed by atoms with Crippen LogP contribution in [0.15, 0.2) is 20.0 Å². The standard InChI is InChI=1S/C37H62N14O16/c1-22(7-3-13-46-36(42)48-50(60)61)30(56)64-20-65-32(58)26(10-6-14-47-37(43)49-51(62)63)18-29(55)19-28(54)17-25(9-5-12-45-35(40)41)33(59)67-21-66-31(57)24(8-4-11-44-34(38)39)16-27(53)15-23(2)52/h22,24-26H,3-21H2,1-2H3,(H4,38,39,44)(H4,40,41,45)(H3,42,46,48)(H3,43,47,49). The molecule has 30 heteroatoms. The fraction of sp³-hybridized carbons (Fsp3) is 0.676. The van der Waals surface area contributed by atoms with Gasteiger partial charge in [0.15, 0.2) is 22.0 Å². The number of hydrazine groups is 2. The predicted molar refractivity (Wildman–Crippen MR) is 234 cm³/mol. The molecule has 0 aromatic carbocycles. The van der Waals surface area contributed by atoms with Crippen molar-refractivity contribution in [3.05, 3.63) is 20.2 Å². The fourth-order valence-electron chi connectivity index (χ4n) is 5.84. The molecule has 0 saturated carbocycles. The fourth-order valence-corrected chi connectivity index (χ4v) is 5.84. The number of Topliss-reactive ketones (excluding diaryl/α,β-unsaturated/α-hetero) is 4. The maximum absolute atomic E-state index is 13.2. The van der Waals surface area contributed by atoms with E-state index < -0.39 is 132 Å². The second-order valence-electron chi connectivity index (χ2n) is 14.8. The van der Waals surface area contributed by atoms with Crippen LogP contribution in [0.25, 0.3) is 0 Å². The van der Waals surface area contributed by atoms with E-state index in [1.54, 1.807) is 10.9 Å². The zero-order valence-electron chi connectivity index (χ0n) is 37.4. The predicted octanol–water partition coefficient (Wildman–Crippen LogP) is -2.33. The molecule has 0 bridgehead atoms. The van der Waals surface area contributed by atoms with Crippen LogP contribution in [0.1, 0.15) is 97.3 Å². The molecule has 0 aromatic rings. The molecule has 0 fully saturated rings. The van der Waals surface area contributed by atoms with E-state index in [1.165, 1.54) is 13.8 Å². The van der Waals surface area contributed by atoms with E-state index in [0.717, 1.165) is 0 Å². The van der Waals surface area contributed by atoms with Gasteiger partial charge in [0.25, 0.3) is 11.9 Å². The summed E-state index contributed by atoms with van der Waals surface area (Å²) in [4.78, 5) is 138. The van der Waals surface area contributed by atoms with E-state index in [4.69, 9.17) is 53.3 Å². The summed E-state index contributed by atoms with van der Waals surface area (Å²) in [6.45, 7) is 1.07. The third-order valence-electron chi connectivity index (χ3n) is 8.96. The molecular weight excluding hydrogens is 896 g/mol. The van der Waals surface area contributed by atoms with Crippen LogP contribution in [0.5, 0.6) is 0 Å². The minimum atomic E-state index is -1.23. The molecule has 0 rings (SSSR count). The first-order valence-corrected chi connectivity index (χ1v) is 20.7. The van der Waals surface area contributed by atoms with Crippen molar-refractivity contribution in [2.75, 3.05) is 39.8 Å². The number of carbonyl (C=O) groups is 8. The van der Waals surface area contributed by atoms with Gasteiger partial charge in [0.1, 0.15) is 23.1 Å². The number of hydrogen-bond donors (Lipinski definition) is 8. The van der Waals surface area contributed by atoms with E-state index in [0.29, 0.717) is 0 Å². The molecule has 0 heterocycles. The van der Waals surface area contributed by atoms with Crippen molar-refractivity contribution < 1.29 is 67.4 Å². The van der Waals surface area contributed by atoms with Crippen LogP contribution in [-0.4, -0.2) is 121 Å². The summed E-state index contributed by atoms with van der Waals surface area (Å²) >= 11 is 0. The third kappa shape index (κ3) is 31.9. The highest BCUT2D eigenvalue weighted by molar-refractivity contribution is 6.01. The number of rotatable bonds is 36. The van der Waals surface area contributed by atoms with Crippen molar-refractivity contribution in [1.82, 2.24) is 10.9 Å². The van der Waals surface area contributed by atoms with Gasteiger partial charge in [-0.15, -0.1) is 0 Å². The van der Waals surface area contributed by atoms with Crippen LogP contribution in [0.4, 0.5) is 0 Å². The number of nitrogens with zero attached hydrogens (tertiary/aromatic N) is 6. The highest BCUT2D eigenvalue weighted by Crippen LogP contribution is 2.21. The van der Waals surface area contributed by atoms with E-state index in [1.807, 2.05) is 0 Å². The van der Waals surface area contributed by atoms with Crippen molar-refractivity contribution in [3.8, 4) is 0 Å². The van der Waals surface area contributed by atoms with E-state index >= 15 is 0 Å². The zero-order valence-corrected chi connectivity index (χ0v) is 37.4. The Kier molecular flexibility index (Phi) is 30.1. The van der Waals surface area contributed by atoms with Crippen LogP contribution in [0.3, 0.4) is 0 Å². The number of nitro groups is 2. The molecule has 0 spiro atoms. The number of carbonyl (C=O) groups excluding carboxylic acids is 8. The Bertz CT molecular complexity index is 1830. The summed E-state index contributed by atoms with van der Waals surface area (Å²) in [5.41, 5.74) is 35.5. The number of ketones is 4. The number of guanidine groups is 4. The summed E-state index contributed by atoms with van der Waals surface area (Å²) in [6.07, 6.45) is -1.65. The Hall–Kier alpha value is -7.56. The number of nitrogens with one attached hydrogen (secondary N) is 2. The van der Waals surface area contributed by atoms with E-state index in [2.05, 4.69) is 20.0 Å². The number of hydrogen-bond acceptors (Lipinski definition) is 20. The van der Waals surface area contributed by atoms with Gasteiger partial charge in [0.2, 0.25) is 13.6 Å². The topological polar surface area (TPSA) is 489 Å². The van der Waals surface area contributed by atoms with Crippen LogP contribution in [-0.2, 0) is 57.3 Å². The van der Waals surface area contributed by atoms with Gasteiger partial charge in [-0.25, -0.2) is 30.2 Å². The molecule has 376 valence electrons. The average molecular weight is 959 g/mol. The molecule has 4 unspecified atom stereocenters. The zero-order chi connectivity index (χ0) is 50.9. The molecule has 67 heavy (non-hydrogen) atoms. The van der Waals surface area contributed by atoms with Gasteiger partial charge in [-0.3, -0.25) is 48.3 Å². The van der Waals surface area contributed by atoms with Gasteiger partial charge in [-0.1, -0.05) is 17.8 Å². The number of aliphatic imine (C=N–C) groups is 4. The first kappa shape index (κ1) is 59.4. The summed E-state index contributed by atoms with van der Waals surface area (Å²) in [6, 6.07) is 0. The van der Waals surface area contributed by atoms with Gasteiger partial charge in [-0.2, -0.15) is 0 Å². The maximum Gasteiger partial charge on any atom is 0.312 e. The summed E-state index contributed by atoms with van der Waals surface area (Å²) in [5.74, 6) is -11.6. The monoisotopic (exact) mass is 958 g/mol. The Morgan fingerprint density at radius 1 is 0.507 bits per heavy atom. The maximum atomic E-state index is 13.2. The molecule has 0 saturated heterocycles. The molecule has 0 aliphatic carbocycles. The van der Waals surface area contributed by atoms with Gasteiger partial charge in [0, 0.05) is 45.4 Å². The Labute approximate surface area is 384 Å². The lowest BCUT2D eigenvalue weighted by molar-refractivity contribution is -0.525. The van der Waals surface area contributed by atoms with Gasteiger partial charge < -0.3 is 53.3 Å². The number of esters is 4. The van der Waals surface area contributed by atoms with Crippen molar-refractivity contribution in [2.24, 2.45) is 78.0 Å². The third-order valence-corrected chi connectivity index (χ3v) is 8.96. The second-order valence-corrected chi connectivity index (χ2v) is 14.8. The lowest BCUT2D eigenvalue weighted by atomic mass is 9.91. The van der Waals surface area contributed by atoms with E-state index in [9.17, 15) is 58.6 Å². The smallest absolute Gasteiger partial charge is 0.312 e. The SMILES string of the molecule is CC(=O)CC(=O)CC(CCCN=C(N)N)C(=O)OCOC(=O)C(CCCN=C(N)N)CC(=O)CC(=O)CC(CCCN=C(N)N[N+](=O)[O-])C(=O)OCOC(=O)C(C)CCCN=C(N)N[N+](=O)[O-]. The molecule has 14 N–H and O–H groups in total. The van der Waals surface area contributed by atoms with Gasteiger partial charge in [-0.05, 0) is 58.3 Å². The molecular formula is C37H62N14O16. The Balaban J connectivity index is 5.75. The van der Waals surface area contributed by atoms with E-state index in [-0.39, 0.29) is 95.9 Å². The highest BCUT2D eigenvalue weighted by Gasteiger charge is 2.29. The molecule has 0 aliphatic rings. The molecule has 0 amide bonds. The first-order chi connectivity index (χ1) is 31.5. The highest BCUT2D eigenvalue weighted by atomic mass is 16.7. The molecule has 30 nitrogen and oxygen atoms in total. The molecule has 0 radical (unpaired) electrons. The number of nitrogens with two attached hydrogens (primary N) is 6. The molecule has 0 aromatic heterocycles. The van der Waals surface area contributed by atoms with Crippen molar-refractivity contribution in [2.45, 2.75) is 97.3 Å². The van der Waals surface area contributed by atoms with Crippen molar-refractivity contribution in [1.29, 1.82) is 0 Å². The number of ether oxygens (including phenoxy) is 4. The average Bonchev–Trinajstić information content (AvgIpc) is 3.21. The van der Waals surface area contributed by atoms with Crippen LogP contribution < -0.4 is 45.3 Å². The Morgan fingerprint density at radius 2 is 0.821 bits per heavy atom. The quantitative estimate of drug-likeness (QED) is 0.00477. The molecule has 4 atom stereocenters. The lowest BCUT2D eigenvalue weighted by Crippen LogP contribution is -2.36. The van der Waals surface area contributed by atoms with Crippen molar-refractivity contribution in [3.63, 3.8) is 0 Å². The van der Waals surface area contributed by atoms with Gasteiger partial charge >= 0.3 is 23.9 Å². The minimum Gasteiger partial charge on any atom is -0.428 e. The van der Waals surface area contributed by atoms with Crippen molar-refractivity contribution >= 4 is 70.8 Å². The van der Waals surface area contributed by atoms with Crippen LogP contribution in [0.2, 0.25) is 0 Å². The van der Waals surface area contributed by atoms with Crippen LogP contribution >= 0.6 is 0 Å². The normalized spacial score (nSPS) is 13.0. The van der Waals surface area contributed by atoms with Crippen LogP contribution in [0, 0.1) is 43.9 Å². The summed E-state index contributed by atoms with van der Waals surface area (Å²) < 4.78 is 20.4. The largest absolute Gasteiger partial charge is 0.428 e.